The number of aromatic nitrogens is 2. The number of esters is 2. The van der Waals surface area contributed by atoms with Gasteiger partial charge in [-0.25, -0.2) is 19.2 Å². The third kappa shape index (κ3) is 11.2. The predicted molar refractivity (Wildman–Crippen MR) is 177 cm³/mol. The minimum absolute atomic E-state index is 0.0229. The number of nitrogens with zero attached hydrogens (tertiary/aromatic N) is 4. The highest BCUT2D eigenvalue weighted by atomic mass is 16.6. The fraction of sp³-hybridized carbons (Fsp3) is 0.500. The smallest absolute Gasteiger partial charge is 0.410 e. The molecule has 2 aliphatic rings. The quantitative estimate of drug-likeness (QED) is 0.175. The van der Waals surface area contributed by atoms with Crippen LogP contribution in [0.15, 0.2) is 61.0 Å². The van der Waals surface area contributed by atoms with E-state index in [1.807, 2.05) is 41.5 Å². The molecule has 0 bridgehead atoms. The third-order valence-corrected chi connectivity index (χ3v) is 7.44. The summed E-state index contributed by atoms with van der Waals surface area (Å²) in [5, 5.41) is 0. The number of likely N-dealkylation sites (tertiary alicyclic amines) is 2. The van der Waals surface area contributed by atoms with Crippen LogP contribution in [0.2, 0.25) is 0 Å². The van der Waals surface area contributed by atoms with Crippen LogP contribution in [0.5, 0.6) is 0 Å². The number of carbonyl (C=O) groups excluding carboxylic acids is 4. The van der Waals surface area contributed by atoms with Crippen LogP contribution in [-0.4, -0.2) is 80.3 Å². The van der Waals surface area contributed by atoms with Crippen LogP contribution in [0.25, 0.3) is 11.4 Å². The summed E-state index contributed by atoms with van der Waals surface area (Å²) < 4.78 is 21.8. The fourth-order valence-corrected chi connectivity index (χ4v) is 5.27. The van der Waals surface area contributed by atoms with E-state index in [-0.39, 0.29) is 25.3 Å². The number of ether oxygens (including phenoxy) is 4. The second-order valence-electron chi connectivity index (χ2n) is 13.8. The van der Waals surface area contributed by atoms with Crippen molar-refractivity contribution in [3.63, 3.8) is 0 Å². The molecule has 0 aromatic carbocycles. The summed E-state index contributed by atoms with van der Waals surface area (Å²) in [4.78, 5) is 62.0. The van der Waals surface area contributed by atoms with Crippen molar-refractivity contribution in [2.45, 2.75) is 104 Å². The number of hydrogen-bond acceptors (Lipinski definition) is 10. The van der Waals surface area contributed by atoms with E-state index in [1.165, 1.54) is 12.2 Å². The molecule has 2 amide bonds. The Bertz CT molecular complexity index is 1410. The average Bonchev–Trinajstić information content (AvgIpc) is 3.69. The molecule has 2 aromatic rings. The van der Waals surface area contributed by atoms with Gasteiger partial charge in [-0.15, -0.1) is 0 Å². The first kappa shape index (κ1) is 36.1. The first-order valence-corrected chi connectivity index (χ1v) is 16.3. The first-order valence-electron chi connectivity index (χ1n) is 16.3. The van der Waals surface area contributed by atoms with Crippen molar-refractivity contribution in [2.24, 2.45) is 0 Å². The topological polar surface area (TPSA) is 137 Å². The predicted octanol–water partition coefficient (Wildman–Crippen LogP) is 6.14. The van der Waals surface area contributed by atoms with Gasteiger partial charge in [0.25, 0.3) is 0 Å². The molecule has 12 nitrogen and oxygen atoms in total. The first-order chi connectivity index (χ1) is 22.7. The average molecular weight is 663 g/mol. The number of rotatable bonds is 9. The molecular formula is C36H46N4O8. The van der Waals surface area contributed by atoms with E-state index in [9.17, 15) is 19.2 Å². The molecule has 0 aliphatic carbocycles. The van der Waals surface area contributed by atoms with E-state index in [1.54, 1.807) is 58.6 Å². The molecule has 0 spiro atoms. The van der Waals surface area contributed by atoms with Gasteiger partial charge in [0.1, 0.15) is 24.4 Å². The van der Waals surface area contributed by atoms with Gasteiger partial charge in [0, 0.05) is 37.6 Å². The van der Waals surface area contributed by atoms with Gasteiger partial charge >= 0.3 is 24.1 Å². The fourth-order valence-electron chi connectivity index (χ4n) is 5.27. The lowest BCUT2D eigenvalue weighted by atomic mass is 10.1. The standard InChI is InChI=1S/C36H46N4O8/c1-35(2,3)47-33(43)39-19-7-9-27(39)11-13-31(41)45-23-25-15-17-37-29(21-25)30-22-26(16-18-38-30)24-46-32(42)14-12-28-10-8-20-40(28)34(44)48-36(4,5)6/h11-18,21-22,27-28H,7-10,19-20,23-24H2,1-6H3/b13-11+,14-12+. The minimum atomic E-state index is -0.595. The molecular weight excluding hydrogens is 616 g/mol. The van der Waals surface area contributed by atoms with Gasteiger partial charge in [0.15, 0.2) is 0 Å². The Hall–Kier alpha value is -4.74. The van der Waals surface area contributed by atoms with Crippen molar-refractivity contribution in [1.82, 2.24) is 19.8 Å². The Kier molecular flexibility index (Phi) is 12.0. The van der Waals surface area contributed by atoms with Crippen LogP contribution in [0.1, 0.15) is 78.4 Å². The summed E-state index contributed by atoms with van der Waals surface area (Å²) in [5.74, 6) is -1.04. The van der Waals surface area contributed by atoms with Crippen LogP contribution >= 0.6 is 0 Å². The zero-order valence-corrected chi connectivity index (χ0v) is 28.6. The number of amides is 2. The minimum Gasteiger partial charge on any atom is -0.458 e. The van der Waals surface area contributed by atoms with Gasteiger partial charge < -0.3 is 28.7 Å². The molecule has 12 heteroatoms. The molecule has 0 N–H and O–H groups in total. The Balaban J connectivity index is 1.27. The third-order valence-electron chi connectivity index (χ3n) is 7.44. The number of hydrogen-bond donors (Lipinski definition) is 0. The summed E-state index contributed by atoms with van der Waals surface area (Å²) >= 11 is 0. The van der Waals surface area contributed by atoms with Crippen LogP contribution in [-0.2, 0) is 41.8 Å². The monoisotopic (exact) mass is 662 g/mol. The lowest BCUT2D eigenvalue weighted by Crippen LogP contribution is -2.39. The zero-order chi connectivity index (χ0) is 34.9. The van der Waals surface area contributed by atoms with E-state index in [2.05, 4.69) is 9.97 Å². The number of pyridine rings is 2. The van der Waals surface area contributed by atoms with Crippen molar-refractivity contribution in [2.75, 3.05) is 13.1 Å². The largest absolute Gasteiger partial charge is 0.458 e. The zero-order valence-electron chi connectivity index (χ0n) is 28.6. The normalized spacial score (nSPS) is 18.4. The van der Waals surface area contributed by atoms with Gasteiger partial charge in [-0.05, 0) is 103 Å². The van der Waals surface area contributed by atoms with E-state index in [0.717, 1.165) is 25.7 Å². The van der Waals surface area contributed by atoms with Crippen molar-refractivity contribution in [3.8, 4) is 11.4 Å². The molecule has 4 heterocycles. The van der Waals surface area contributed by atoms with Crippen LogP contribution in [0.3, 0.4) is 0 Å². The van der Waals surface area contributed by atoms with Crippen LogP contribution in [0.4, 0.5) is 9.59 Å². The second-order valence-corrected chi connectivity index (χ2v) is 13.8. The van der Waals surface area contributed by atoms with Gasteiger partial charge in [-0.1, -0.05) is 12.2 Å². The molecule has 48 heavy (non-hydrogen) atoms. The molecule has 258 valence electrons. The molecule has 0 saturated carbocycles. The molecule has 4 rings (SSSR count). The molecule has 2 fully saturated rings. The van der Waals surface area contributed by atoms with Crippen molar-refractivity contribution in [3.05, 3.63) is 72.1 Å². The van der Waals surface area contributed by atoms with Crippen LogP contribution in [0, 0.1) is 0 Å². The van der Waals surface area contributed by atoms with E-state index in [4.69, 9.17) is 18.9 Å². The maximum Gasteiger partial charge on any atom is 0.410 e. The molecule has 0 radical (unpaired) electrons. The highest BCUT2D eigenvalue weighted by Crippen LogP contribution is 2.23. The molecule has 2 atom stereocenters. The van der Waals surface area contributed by atoms with Crippen molar-refractivity contribution >= 4 is 24.1 Å². The maximum absolute atomic E-state index is 12.5. The molecule has 2 aliphatic heterocycles. The number of carbonyl (C=O) groups is 4. The highest BCUT2D eigenvalue weighted by molar-refractivity contribution is 5.83. The van der Waals surface area contributed by atoms with E-state index < -0.39 is 35.3 Å². The second kappa shape index (κ2) is 15.9. The molecule has 2 unspecified atom stereocenters. The highest BCUT2D eigenvalue weighted by Gasteiger charge is 2.32. The van der Waals surface area contributed by atoms with Gasteiger partial charge in [-0.2, -0.15) is 0 Å². The Morgan fingerprint density at radius 2 is 1.10 bits per heavy atom. The lowest BCUT2D eigenvalue weighted by molar-refractivity contribution is -0.139. The maximum atomic E-state index is 12.5. The summed E-state index contributed by atoms with van der Waals surface area (Å²) in [7, 11) is 0. The van der Waals surface area contributed by atoms with E-state index >= 15 is 0 Å². The van der Waals surface area contributed by atoms with Crippen molar-refractivity contribution in [1.29, 1.82) is 0 Å². The van der Waals surface area contributed by atoms with E-state index in [0.29, 0.717) is 35.6 Å². The lowest BCUT2D eigenvalue weighted by Gasteiger charge is -2.27. The van der Waals surface area contributed by atoms with Crippen LogP contribution < -0.4 is 0 Å². The Labute approximate surface area is 282 Å². The van der Waals surface area contributed by atoms with Gasteiger partial charge in [0.2, 0.25) is 0 Å². The Morgan fingerprint density at radius 3 is 1.48 bits per heavy atom. The summed E-state index contributed by atoms with van der Waals surface area (Å²) in [6, 6.07) is 6.58. The Morgan fingerprint density at radius 1 is 0.708 bits per heavy atom. The van der Waals surface area contributed by atoms with Gasteiger partial charge in [-0.3, -0.25) is 9.97 Å². The van der Waals surface area contributed by atoms with Crippen molar-refractivity contribution < 1.29 is 38.1 Å². The molecule has 2 saturated heterocycles. The SMILES string of the molecule is CC(C)(C)OC(=O)N1CCCC1/C=C/C(=O)OCc1ccnc(-c2cc(COC(=O)/C=C/C3CCCN3C(=O)OC(C)(C)C)ccn2)c1. The summed E-state index contributed by atoms with van der Waals surface area (Å²) in [6.45, 7) is 12.1. The summed E-state index contributed by atoms with van der Waals surface area (Å²) in [6.07, 6.45) is 11.6. The van der Waals surface area contributed by atoms with Gasteiger partial charge in [0.05, 0.1) is 23.5 Å². The molecule has 2 aromatic heterocycles. The summed E-state index contributed by atoms with van der Waals surface area (Å²) in [5.41, 5.74) is 1.37.